The number of nitrogens with one attached hydrogen (secondary N) is 1. The largest absolute Gasteiger partial charge is 0.441 e. The van der Waals surface area contributed by atoms with Gasteiger partial charge >= 0.3 is 0 Å². The molecule has 0 spiro atoms. The number of oxazole rings is 1. The Bertz CT molecular complexity index is 543. The highest BCUT2D eigenvalue weighted by atomic mass is 16.3. The Morgan fingerprint density at radius 3 is 2.94 bits per heavy atom. The molecule has 0 atom stereocenters. The van der Waals surface area contributed by atoms with Crippen LogP contribution < -0.4 is 5.32 Å². The van der Waals surface area contributed by atoms with Gasteiger partial charge in [0, 0.05) is 13.0 Å². The Kier molecular flexibility index (Phi) is 3.13. The van der Waals surface area contributed by atoms with Gasteiger partial charge in [-0.3, -0.25) is 4.79 Å². The van der Waals surface area contributed by atoms with E-state index < -0.39 is 0 Å². The van der Waals surface area contributed by atoms with Crippen molar-refractivity contribution in [2.45, 2.75) is 33.2 Å². The van der Waals surface area contributed by atoms with Gasteiger partial charge in [0.2, 0.25) is 5.91 Å². The standard InChI is InChI=1S/C13H16N2O2/c1-8(2)14-13(16)7-10-4-5-12-11(6-10)15-9(3)17-12/h4-6,8H,7H2,1-3H3,(H,14,16). The predicted octanol–water partition coefficient (Wildman–Crippen LogP) is 2.20. The number of aromatic nitrogens is 1. The zero-order valence-corrected chi connectivity index (χ0v) is 10.3. The van der Waals surface area contributed by atoms with E-state index in [9.17, 15) is 4.79 Å². The van der Waals surface area contributed by atoms with Crippen molar-refractivity contribution < 1.29 is 9.21 Å². The van der Waals surface area contributed by atoms with E-state index in [1.807, 2.05) is 39.0 Å². The van der Waals surface area contributed by atoms with Gasteiger partial charge in [0.1, 0.15) is 5.52 Å². The number of aryl methyl sites for hydroxylation is 1. The van der Waals surface area contributed by atoms with E-state index in [-0.39, 0.29) is 11.9 Å². The first-order valence-electron chi connectivity index (χ1n) is 5.70. The van der Waals surface area contributed by atoms with Crippen LogP contribution in [-0.2, 0) is 11.2 Å². The number of hydrogen-bond donors (Lipinski definition) is 1. The smallest absolute Gasteiger partial charge is 0.224 e. The molecule has 17 heavy (non-hydrogen) atoms. The van der Waals surface area contributed by atoms with Crippen molar-refractivity contribution in [1.29, 1.82) is 0 Å². The Balaban J connectivity index is 2.16. The van der Waals surface area contributed by atoms with E-state index in [0.717, 1.165) is 16.7 Å². The molecule has 4 heteroatoms. The second kappa shape index (κ2) is 4.57. The van der Waals surface area contributed by atoms with E-state index >= 15 is 0 Å². The summed E-state index contributed by atoms with van der Waals surface area (Å²) >= 11 is 0. The van der Waals surface area contributed by atoms with Gasteiger partial charge in [0.25, 0.3) is 0 Å². The van der Waals surface area contributed by atoms with Crippen LogP contribution in [0.1, 0.15) is 25.3 Å². The zero-order chi connectivity index (χ0) is 12.4. The number of hydrogen-bond acceptors (Lipinski definition) is 3. The molecular formula is C13H16N2O2. The summed E-state index contributed by atoms with van der Waals surface area (Å²) < 4.78 is 5.38. The Morgan fingerprint density at radius 2 is 2.24 bits per heavy atom. The lowest BCUT2D eigenvalue weighted by molar-refractivity contribution is -0.120. The van der Waals surface area contributed by atoms with Crippen LogP contribution in [0.5, 0.6) is 0 Å². The van der Waals surface area contributed by atoms with Crippen LogP contribution >= 0.6 is 0 Å². The first-order chi connectivity index (χ1) is 8.04. The van der Waals surface area contributed by atoms with Crippen LogP contribution in [0.2, 0.25) is 0 Å². The third kappa shape index (κ3) is 2.84. The highest BCUT2D eigenvalue weighted by Gasteiger charge is 2.07. The van der Waals surface area contributed by atoms with Crippen LogP contribution in [0.3, 0.4) is 0 Å². The monoisotopic (exact) mass is 232 g/mol. The van der Waals surface area contributed by atoms with Gasteiger partial charge in [-0.25, -0.2) is 4.98 Å². The summed E-state index contributed by atoms with van der Waals surface area (Å²) in [7, 11) is 0. The fraction of sp³-hybridized carbons (Fsp3) is 0.385. The minimum absolute atomic E-state index is 0.0274. The third-order valence-corrected chi connectivity index (χ3v) is 2.37. The highest BCUT2D eigenvalue weighted by Crippen LogP contribution is 2.17. The second-order valence-corrected chi connectivity index (χ2v) is 4.43. The van der Waals surface area contributed by atoms with E-state index in [1.54, 1.807) is 0 Å². The topological polar surface area (TPSA) is 55.1 Å². The Hall–Kier alpha value is -1.84. The molecule has 1 aromatic heterocycles. The molecule has 90 valence electrons. The molecule has 1 N–H and O–H groups in total. The van der Waals surface area contributed by atoms with Crippen LogP contribution in [0.25, 0.3) is 11.1 Å². The lowest BCUT2D eigenvalue weighted by Crippen LogP contribution is -2.31. The number of amides is 1. The molecule has 0 unspecified atom stereocenters. The van der Waals surface area contributed by atoms with Gasteiger partial charge in [-0.2, -0.15) is 0 Å². The van der Waals surface area contributed by atoms with Crippen molar-refractivity contribution in [2.24, 2.45) is 0 Å². The average Bonchev–Trinajstić information content (AvgIpc) is 2.55. The molecule has 2 rings (SSSR count). The number of benzene rings is 1. The van der Waals surface area contributed by atoms with E-state index in [2.05, 4.69) is 10.3 Å². The van der Waals surface area contributed by atoms with Crippen LogP contribution in [0.15, 0.2) is 22.6 Å². The van der Waals surface area contributed by atoms with Gasteiger partial charge in [-0.1, -0.05) is 6.07 Å². The van der Waals surface area contributed by atoms with E-state index in [1.165, 1.54) is 0 Å². The molecule has 0 bridgehead atoms. The minimum atomic E-state index is 0.0274. The molecule has 1 heterocycles. The lowest BCUT2D eigenvalue weighted by atomic mass is 10.1. The molecule has 4 nitrogen and oxygen atoms in total. The Morgan fingerprint density at radius 1 is 1.47 bits per heavy atom. The number of fused-ring (bicyclic) bond motifs is 1. The number of rotatable bonds is 3. The van der Waals surface area contributed by atoms with Gasteiger partial charge in [-0.15, -0.1) is 0 Å². The first kappa shape index (κ1) is 11.6. The summed E-state index contributed by atoms with van der Waals surface area (Å²) in [5, 5.41) is 2.86. The number of nitrogens with zero attached hydrogens (tertiary/aromatic N) is 1. The van der Waals surface area contributed by atoms with Crippen molar-refractivity contribution in [3.63, 3.8) is 0 Å². The summed E-state index contributed by atoms with van der Waals surface area (Å²) in [5.41, 5.74) is 2.51. The third-order valence-electron chi connectivity index (χ3n) is 2.37. The molecule has 0 aliphatic carbocycles. The fourth-order valence-electron chi connectivity index (χ4n) is 1.76. The quantitative estimate of drug-likeness (QED) is 0.882. The van der Waals surface area contributed by atoms with Crippen LogP contribution in [0.4, 0.5) is 0 Å². The van der Waals surface area contributed by atoms with Gasteiger partial charge in [0.15, 0.2) is 11.5 Å². The molecule has 2 aromatic rings. The molecular weight excluding hydrogens is 216 g/mol. The van der Waals surface area contributed by atoms with Crippen molar-refractivity contribution >= 4 is 17.0 Å². The summed E-state index contributed by atoms with van der Waals surface area (Å²) in [6, 6.07) is 5.81. The molecule has 0 radical (unpaired) electrons. The molecule has 1 aromatic carbocycles. The normalized spacial score (nSPS) is 11.1. The number of carbonyl (C=O) groups excluding carboxylic acids is 1. The van der Waals surface area contributed by atoms with Crippen molar-refractivity contribution in [1.82, 2.24) is 10.3 Å². The van der Waals surface area contributed by atoms with Crippen molar-refractivity contribution in [3.8, 4) is 0 Å². The molecule has 0 saturated heterocycles. The molecule has 0 saturated carbocycles. The SMILES string of the molecule is Cc1nc2cc(CC(=O)NC(C)C)ccc2o1. The molecule has 0 aliphatic rings. The predicted molar refractivity (Wildman–Crippen MR) is 65.7 cm³/mol. The molecule has 1 amide bonds. The first-order valence-corrected chi connectivity index (χ1v) is 5.70. The lowest BCUT2D eigenvalue weighted by Gasteiger charge is -2.07. The summed E-state index contributed by atoms with van der Waals surface area (Å²) in [6.07, 6.45) is 0.375. The number of carbonyl (C=O) groups is 1. The van der Waals surface area contributed by atoms with Gasteiger partial charge in [0.05, 0.1) is 6.42 Å². The minimum Gasteiger partial charge on any atom is -0.441 e. The van der Waals surface area contributed by atoms with Gasteiger partial charge < -0.3 is 9.73 Å². The second-order valence-electron chi connectivity index (χ2n) is 4.43. The van der Waals surface area contributed by atoms with Crippen molar-refractivity contribution in [3.05, 3.63) is 29.7 Å². The molecule has 0 fully saturated rings. The summed E-state index contributed by atoms with van der Waals surface area (Å²) in [6.45, 7) is 5.70. The maximum Gasteiger partial charge on any atom is 0.224 e. The summed E-state index contributed by atoms with van der Waals surface area (Å²) in [4.78, 5) is 15.9. The van der Waals surface area contributed by atoms with Crippen LogP contribution in [-0.4, -0.2) is 16.9 Å². The van der Waals surface area contributed by atoms with Crippen LogP contribution in [0, 0.1) is 6.92 Å². The Labute approximate surface area is 100 Å². The van der Waals surface area contributed by atoms with E-state index in [4.69, 9.17) is 4.42 Å². The highest BCUT2D eigenvalue weighted by molar-refractivity contribution is 5.81. The fourth-order valence-corrected chi connectivity index (χ4v) is 1.76. The average molecular weight is 232 g/mol. The maximum absolute atomic E-state index is 11.6. The van der Waals surface area contributed by atoms with E-state index in [0.29, 0.717) is 12.3 Å². The zero-order valence-electron chi connectivity index (χ0n) is 10.3. The maximum atomic E-state index is 11.6. The summed E-state index contributed by atoms with van der Waals surface area (Å²) in [5.74, 6) is 0.670. The van der Waals surface area contributed by atoms with Gasteiger partial charge in [-0.05, 0) is 31.5 Å². The molecule has 0 aliphatic heterocycles. The van der Waals surface area contributed by atoms with Crippen molar-refractivity contribution in [2.75, 3.05) is 0 Å².